The van der Waals surface area contributed by atoms with Crippen molar-refractivity contribution in [2.45, 2.75) is 44.6 Å². The van der Waals surface area contributed by atoms with Crippen molar-refractivity contribution >= 4 is 11.9 Å². The maximum atomic E-state index is 12.0. The molecule has 0 aliphatic carbocycles. The van der Waals surface area contributed by atoms with Crippen LogP contribution in [0.3, 0.4) is 0 Å². The highest BCUT2D eigenvalue weighted by Crippen LogP contribution is 2.18. The topological polar surface area (TPSA) is 56.3 Å². The molecule has 7 nitrogen and oxygen atoms in total. The number of piperazine rings is 1. The summed E-state index contributed by atoms with van der Waals surface area (Å²) in [5.74, 6) is 0.0566. The summed E-state index contributed by atoms with van der Waals surface area (Å²) in [6.07, 6.45) is 5.54. The van der Waals surface area contributed by atoms with Crippen molar-refractivity contribution in [2.24, 2.45) is 0 Å². The SMILES string of the molecule is CN1CCN(C2CCN(CCC(=O)OCCN3CCCCC3=O)CC2)CC1. The smallest absolute Gasteiger partial charge is 0.307 e. The van der Waals surface area contributed by atoms with Gasteiger partial charge in [0.1, 0.15) is 6.61 Å². The third-order valence-corrected chi connectivity index (χ3v) is 6.29. The van der Waals surface area contributed by atoms with Gasteiger partial charge in [-0.25, -0.2) is 0 Å². The minimum Gasteiger partial charge on any atom is -0.464 e. The lowest BCUT2D eigenvalue weighted by atomic mass is 10.0. The lowest BCUT2D eigenvalue weighted by Crippen LogP contribution is -2.52. The molecule has 0 unspecified atom stereocenters. The molecule has 3 saturated heterocycles. The highest BCUT2D eigenvalue weighted by Gasteiger charge is 2.26. The number of likely N-dealkylation sites (N-methyl/N-ethyl adjacent to an activating group) is 1. The van der Waals surface area contributed by atoms with Crippen molar-refractivity contribution in [3.63, 3.8) is 0 Å². The van der Waals surface area contributed by atoms with Crippen LogP contribution >= 0.6 is 0 Å². The number of rotatable bonds is 7. The molecule has 0 aromatic rings. The van der Waals surface area contributed by atoms with E-state index >= 15 is 0 Å². The monoisotopic (exact) mass is 380 g/mol. The minimum atomic E-state index is -0.138. The molecule has 0 aromatic heterocycles. The zero-order valence-corrected chi connectivity index (χ0v) is 16.9. The van der Waals surface area contributed by atoms with Gasteiger partial charge in [0.25, 0.3) is 0 Å². The van der Waals surface area contributed by atoms with Gasteiger partial charge in [0.05, 0.1) is 13.0 Å². The third kappa shape index (κ3) is 6.43. The average Bonchev–Trinajstić information content (AvgIpc) is 2.69. The van der Waals surface area contributed by atoms with Gasteiger partial charge in [-0.3, -0.25) is 14.5 Å². The molecule has 0 atom stereocenters. The van der Waals surface area contributed by atoms with Crippen molar-refractivity contribution in [1.29, 1.82) is 0 Å². The fourth-order valence-corrected chi connectivity index (χ4v) is 4.38. The number of likely N-dealkylation sites (tertiary alicyclic amines) is 2. The van der Waals surface area contributed by atoms with Gasteiger partial charge in [-0.15, -0.1) is 0 Å². The number of piperidine rings is 2. The van der Waals surface area contributed by atoms with E-state index < -0.39 is 0 Å². The van der Waals surface area contributed by atoms with Crippen molar-refractivity contribution in [3.8, 4) is 0 Å². The van der Waals surface area contributed by atoms with Gasteiger partial charge in [0, 0.05) is 51.7 Å². The summed E-state index contributed by atoms with van der Waals surface area (Å²) in [7, 11) is 2.20. The molecule has 3 aliphatic rings. The second-order valence-corrected chi connectivity index (χ2v) is 8.22. The fourth-order valence-electron chi connectivity index (χ4n) is 4.38. The average molecular weight is 381 g/mol. The molecule has 0 bridgehead atoms. The first-order valence-corrected chi connectivity index (χ1v) is 10.7. The van der Waals surface area contributed by atoms with E-state index in [1.807, 2.05) is 4.90 Å². The highest BCUT2D eigenvalue weighted by molar-refractivity contribution is 5.76. The van der Waals surface area contributed by atoms with Crippen LogP contribution in [0, 0.1) is 0 Å². The second kappa shape index (κ2) is 10.4. The van der Waals surface area contributed by atoms with Crippen LogP contribution in [0.2, 0.25) is 0 Å². The first-order chi connectivity index (χ1) is 13.1. The standard InChI is InChI=1S/C20H36N4O3/c1-21-12-14-23(15-13-21)18-5-9-22(10-6-18)11-7-20(26)27-17-16-24-8-3-2-4-19(24)25/h18H,2-17H2,1H3. The summed E-state index contributed by atoms with van der Waals surface area (Å²) in [5, 5.41) is 0. The maximum Gasteiger partial charge on any atom is 0.307 e. The Kier molecular flexibility index (Phi) is 7.91. The molecule has 1 amide bonds. The molecule has 154 valence electrons. The molecule has 3 rings (SSSR count). The van der Waals surface area contributed by atoms with E-state index in [0.717, 1.165) is 39.0 Å². The van der Waals surface area contributed by atoms with Crippen LogP contribution < -0.4 is 0 Å². The molecule has 3 aliphatic heterocycles. The van der Waals surface area contributed by atoms with Crippen LogP contribution in [-0.4, -0.2) is 110 Å². The Morgan fingerprint density at radius 2 is 1.74 bits per heavy atom. The van der Waals surface area contributed by atoms with Crippen LogP contribution in [-0.2, 0) is 14.3 Å². The first kappa shape index (κ1) is 20.6. The molecule has 7 heteroatoms. The molecule has 0 N–H and O–H groups in total. The number of nitrogens with zero attached hydrogens (tertiary/aromatic N) is 4. The minimum absolute atomic E-state index is 0.138. The van der Waals surface area contributed by atoms with E-state index in [9.17, 15) is 9.59 Å². The summed E-state index contributed by atoms with van der Waals surface area (Å²) >= 11 is 0. The molecule has 0 aromatic carbocycles. The quantitative estimate of drug-likeness (QED) is 0.605. The van der Waals surface area contributed by atoms with Crippen molar-refractivity contribution in [1.82, 2.24) is 19.6 Å². The van der Waals surface area contributed by atoms with Gasteiger partial charge in [-0.2, -0.15) is 0 Å². The van der Waals surface area contributed by atoms with Crippen LogP contribution in [0.15, 0.2) is 0 Å². The van der Waals surface area contributed by atoms with E-state index in [0.29, 0.717) is 32.0 Å². The van der Waals surface area contributed by atoms with Gasteiger partial charge < -0.3 is 19.4 Å². The Labute approximate surface area is 163 Å². The Bertz CT molecular complexity index is 486. The number of ether oxygens (including phenoxy) is 1. The molecular formula is C20H36N4O3. The summed E-state index contributed by atoms with van der Waals surface area (Å²) in [4.78, 5) is 33.0. The number of hydrogen-bond acceptors (Lipinski definition) is 6. The van der Waals surface area contributed by atoms with Gasteiger partial charge >= 0.3 is 5.97 Å². The summed E-state index contributed by atoms with van der Waals surface area (Å²) in [5.41, 5.74) is 0. The third-order valence-electron chi connectivity index (χ3n) is 6.29. The summed E-state index contributed by atoms with van der Waals surface area (Å²) in [6, 6.07) is 0.712. The second-order valence-electron chi connectivity index (χ2n) is 8.22. The van der Waals surface area contributed by atoms with Crippen molar-refractivity contribution in [2.75, 3.05) is 72.6 Å². The van der Waals surface area contributed by atoms with Gasteiger partial charge in [0.15, 0.2) is 0 Å². The zero-order valence-electron chi connectivity index (χ0n) is 16.9. The number of carbonyl (C=O) groups is 2. The van der Waals surface area contributed by atoms with E-state index in [1.54, 1.807) is 0 Å². The number of carbonyl (C=O) groups excluding carboxylic acids is 2. The molecular weight excluding hydrogens is 344 g/mol. The molecule has 0 radical (unpaired) electrons. The lowest BCUT2D eigenvalue weighted by Gasteiger charge is -2.42. The van der Waals surface area contributed by atoms with E-state index in [4.69, 9.17) is 4.74 Å². The lowest BCUT2D eigenvalue weighted by molar-refractivity contribution is -0.146. The van der Waals surface area contributed by atoms with Crippen molar-refractivity contribution < 1.29 is 14.3 Å². The molecule has 0 saturated carbocycles. The van der Waals surface area contributed by atoms with Gasteiger partial charge in [0.2, 0.25) is 5.91 Å². The van der Waals surface area contributed by atoms with E-state index in [1.165, 1.54) is 39.0 Å². The normalized spacial score (nSPS) is 24.3. The maximum absolute atomic E-state index is 12.0. The van der Waals surface area contributed by atoms with Gasteiger partial charge in [-0.05, 0) is 45.8 Å². The van der Waals surface area contributed by atoms with Crippen LogP contribution in [0.5, 0.6) is 0 Å². The number of amides is 1. The Morgan fingerprint density at radius 1 is 1.00 bits per heavy atom. The summed E-state index contributed by atoms with van der Waals surface area (Å²) in [6.45, 7) is 9.34. The fraction of sp³-hybridized carbons (Fsp3) is 0.900. The highest BCUT2D eigenvalue weighted by atomic mass is 16.5. The van der Waals surface area contributed by atoms with Crippen LogP contribution in [0.1, 0.15) is 38.5 Å². The molecule has 3 fully saturated rings. The largest absolute Gasteiger partial charge is 0.464 e. The van der Waals surface area contributed by atoms with Crippen LogP contribution in [0.25, 0.3) is 0 Å². The van der Waals surface area contributed by atoms with E-state index in [2.05, 4.69) is 21.7 Å². The summed E-state index contributed by atoms with van der Waals surface area (Å²) < 4.78 is 5.34. The molecule has 27 heavy (non-hydrogen) atoms. The first-order valence-electron chi connectivity index (χ1n) is 10.7. The molecule has 3 heterocycles. The van der Waals surface area contributed by atoms with Gasteiger partial charge in [-0.1, -0.05) is 0 Å². The van der Waals surface area contributed by atoms with Crippen molar-refractivity contribution in [3.05, 3.63) is 0 Å². The predicted octanol–water partition coefficient (Wildman–Crippen LogP) is 0.644. The Morgan fingerprint density at radius 3 is 2.44 bits per heavy atom. The molecule has 0 spiro atoms. The van der Waals surface area contributed by atoms with Crippen LogP contribution in [0.4, 0.5) is 0 Å². The van der Waals surface area contributed by atoms with E-state index in [-0.39, 0.29) is 11.9 Å². The number of hydrogen-bond donors (Lipinski definition) is 0. The Hall–Kier alpha value is -1.18. The zero-order chi connectivity index (χ0) is 19.1. The predicted molar refractivity (Wildman–Crippen MR) is 105 cm³/mol. The Balaban J connectivity index is 1.25. The number of esters is 1.